The Labute approximate surface area is 571 Å². The molecule has 17 rings (SSSR count). The van der Waals surface area contributed by atoms with Crippen LogP contribution in [-0.2, 0) is 27.9 Å². The minimum absolute atomic E-state index is 0.360. The first-order valence-electron chi connectivity index (χ1n) is 33.3. The largest absolute Gasteiger partial charge is 0.494 e. The first-order chi connectivity index (χ1) is 46.0. The van der Waals surface area contributed by atoms with Gasteiger partial charge in [0.25, 0.3) is 0 Å². The number of hydrogen-bond donors (Lipinski definition) is 0. The summed E-state index contributed by atoms with van der Waals surface area (Å²) in [5.74, 6) is 0. The monoisotopic (exact) mass is 1330 g/mol. The van der Waals surface area contributed by atoms with Crippen LogP contribution in [0.2, 0.25) is 0 Å². The van der Waals surface area contributed by atoms with Gasteiger partial charge in [0.15, 0.2) is 0 Å². The Balaban J connectivity index is 0.000000128. The van der Waals surface area contributed by atoms with Gasteiger partial charge < -0.3 is 46.2 Å². The van der Waals surface area contributed by atoms with E-state index < -0.39 is 21.1 Å². The van der Waals surface area contributed by atoms with Gasteiger partial charge in [-0.3, -0.25) is 0 Å². The lowest BCUT2D eigenvalue weighted by molar-refractivity contribution is 0.00578. The number of para-hydroxylation sites is 4. The molecule has 14 heteroatoms. The Hall–Kier alpha value is -8.69. The van der Waals surface area contributed by atoms with E-state index in [1.54, 1.807) is 0 Å². The van der Waals surface area contributed by atoms with Crippen molar-refractivity contribution < 1.29 is 27.9 Å². The summed E-state index contributed by atoms with van der Waals surface area (Å²) in [6, 6.07) is 86.7. The lowest BCUT2D eigenvalue weighted by atomic mass is 9.49. The minimum atomic E-state index is -0.476. The fourth-order valence-corrected chi connectivity index (χ4v) is 14.0. The zero-order chi connectivity index (χ0) is 66.7. The number of nitrogens with zero attached hydrogens (tertiary/aromatic N) is 4. The maximum Gasteiger partial charge on any atom is 0.494 e. The molecule has 7 heterocycles. The van der Waals surface area contributed by atoms with E-state index in [4.69, 9.17) is 27.9 Å². The van der Waals surface area contributed by atoms with Gasteiger partial charge >= 0.3 is 21.1 Å². The molecular formula is C82H78B3BrN4O6. The van der Waals surface area contributed by atoms with Crippen LogP contribution < -0.4 is 5.46 Å². The van der Waals surface area contributed by atoms with E-state index in [1.807, 2.05) is 55.4 Å². The molecule has 10 nitrogen and oxygen atoms in total. The van der Waals surface area contributed by atoms with Gasteiger partial charge in [-0.25, -0.2) is 0 Å². The van der Waals surface area contributed by atoms with Crippen molar-refractivity contribution in [1.82, 2.24) is 18.3 Å². The predicted molar refractivity (Wildman–Crippen MR) is 402 cm³/mol. The van der Waals surface area contributed by atoms with E-state index in [-0.39, 0.29) is 33.6 Å². The van der Waals surface area contributed by atoms with Crippen molar-refractivity contribution in [2.24, 2.45) is 0 Å². The van der Waals surface area contributed by atoms with Crippen LogP contribution in [0.1, 0.15) is 83.1 Å². The second-order valence-electron chi connectivity index (χ2n) is 28.6. The molecule has 478 valence electrons. The van der Waals surface area contributed by atoms with E-state index in [9.17, 15) is 0 Å². The summed E-state index contributed by atoms with van der Waals surface area (Å²) in [7, 11) is -1.34. The fourth-order valence-electron chi connectivity index (χ4n) is 13.6. The smallest absolute Gasteiger partial charge is 0.405 e. The molecule has 3 aliphatic heterocycles. The third-order valence-corrected chi connectivity index (χ3v) is 21.4. The summed E-state index contributed by atoms with van der Waals surface area (Å²) in [6.45, 7) is 24.6. The molecule has 0 aliphatic carbocycles. The van der Waals surface area contributed by atoms with Crippen LogP contribution in [0.4, 0.5) is 0 Å². The predicted octanol–water partition coefficient (Wildman–Crippen LogP) is 20.1. The number of fused-ring (bicyclic) bond motifs is 10. The Bertz CT molecular complexity index is 5170. The summed E-state index contributed by atoms with van der Waals surface area (Å²) < 4.78 is 47.0. The Kier molecular flexibility index (Phi) is 15.7. The maximum absolute atomic E-state index is 6.37. The van der Waals surface area contributed by atoms with Crippen molar-refractivity contribution in [1.29, 1.82) is 0 Å². The number of aromatic nitrogens is 4. The van der Waals surface area contributed by atoms with Crippen molar-refractivity contribution in [3.8, 4) is 45.0 Å². The topological polar surface area (TPSA) is 75.1 Å². The van der Waals surface area contributed by atoms with Crippen molar-refractivity contribution in [2.75, 3.05) is 0 Å². The third-order valence-electron chi connectivity index (χ3n) is 21.0. The fraction of sp³-hybridized carbons (Fsp3) is 0.220. The van der Waals surface area contributed by atoms with Crippen molar-refractivity contribution in [3.63, 3.8) is 0 Å². The highest BCUT2D eigenvalue weighted by atomic mass is 79.9. The first kappa shape index (κ1) is 63.4. The Morgan fingerprint density at radius 1 is 0.281 bits per heavy atom. The minimum Gasteiger partial charge on any atom is -0.405 e. The molecule has 0 atom stereocenters. The standard InChI is InChI=1S/C38H33BN2O2.C32H21BrN2.C12H24B2O4/c1-37(2)38(3,4)43-39(42-37)28-13-11-12-26(24-28)27-18-20-35-33(25-27)31-19-21-34-32(22-23-40(34)29-14-7-5-8-15-29)36(31)41(35)30-16-9-6-10-17-30;33-24-9-7-8-22(20-24)23-14-16-31-29(21-23)27-15-17-30-28(18-19-34(30)25-10-3-1-4-11-25)32(27)35(31)26-12-5-2-6-13-26;1-9(2)10(3,4)16-13(15-9)14-17-11(5,6)12(7,8)18-14/h5-25H,1-4H3;1-21H;1-8H3. The molecule has 0 N–H and O–H groups in total. The molecule has 3 fully saturated rings. The van der Waals surface area contributed by atoms with Crippen molar-refractivity contribution in [2.45, 2.75) is 117 Å². The highest BCUT2D eigenvalue weighted by molar-refractivity contribution is 9.10. The van der Waals surface area contributed by atoms with Crippen LogP contribution in [-0.4, -0.2) is 73.0 Å². The zero-order valence-corrected chi connectivity index (χ0v) is 58.2. The number of benzene rings is 10. The molecule has 10 aromatic carbocycles. The average molecular weight is 1330 g/mol. The molecule has 96 heavy (non-hydrogen) atoms. The summed E-state index contributed by atoms with van der Waals surface area (Å²) >= 11 is 3.63. The van der Waals surface area contributed by atoms with Crippen LogP contribution in [0.15, 0.2) is 260 Å². The normalized spacial score (nSPS) is 17.4. The summed E-state index contributed by atoms with van der Waals surface area (Å²) in [5, 5.41) is 7.46. The molecule has 0 spiro atoms. The highest BCUT2D eigenvalue weighted by Crippen LogP contribution is 2.45. The van der Waals surface area contributed by atoms with Gasteiger partial charge in [0.2, 0.25) is 0 Å². The summed E-state index contributed by atoms with van der Waals surface area (Å²) in [4.78, 5) is 0. The molecule has 0 amide bonds. The lowest BCUT2D eigenvalue weighted by Crippen LogP contribution is -2.41. The van der Waals surface area contributed by atoms with Crippen LogP contribution in [0.25, 0.3) is 110 Å². The number of halogens is 1. The van der Waals surface area contributed by atoms with Gasteiger partial charge in [-0.05, 0) is 220 Å². The second kappa shape index (κ2) is 23.8. The Morgan fingerprint density at radius 2 is 0.625 bits per heavy atom. The second-order valence-corrected chi connectivity index (χ2v) is 29.5. The van der Waals surface area contributed by atoms with E-state index in [2.05, 4.69) is 317 Å². The SMILES string of the molecule is Brc1cccc(-c2ccc3c(c2)c2ccc4c(ccn4-c4ccccc4)c2n3-c2ccccc2)c1.CC1(C)OB(B2OC(C)(C)C(C)(C)O2)OC1(C)C.CC1(C)OB(c2cccc(-c3ccc4c(c3)c3ccc5c(ccn5-c5ccccc5)c3n4-c3ccccc3)c2)OC1(C)C. The molecule has 14 aromatic rings. The molecule has 3 aliphatic rings. The van der Waals surface area contributed by atoms with Gasteiger partial charge in [0.05, 0.1) is 66.7 Å². The maximum atomic E-state index is 6.37. The van der Waals surface area contributed by atoms with Gasteiger partial charge in [0.1, 0.15) is 0 Å². The van der Waals surface area contributed by atoms with Crippen molar-refractivity contribution in [3.05, 3.63) is 260 Å². The van der Waals surface area contributed by atoms with E-state index in [0.717, 1.165) is 26.9 Å². The molecule has 0 unspecified atom stereocenters. The molecular weight excluding hydrogens is 1250 g/mol. The molecule has 4 aromatic heterocycles. The van der Waals surface area contributed by atoms with Crippen LogP contribution in [0, 0.1) is 0 Å². The van der Waals surface area contributed by atoms with E-state index in [0.29, 0.717) is 0 Å². The summed E-state index contributed by atoms with van der Waals surface area (Å²) in [5.41, 5.74) is 15.5. The first-order valence-corrected chi connectivity index (χ1v) is 34.1. The van der Waals surface area contributed by atoms with Crippen molar-refractivity contribution >= 4 is 108 Å². The Morgan fingerprint density at radius 3 is 1.02 bits per heavy atom. The van der Waals surface area contributed by atoms with Gasteiger partial charge in [-0.1, -0.05) is 149 Å². The lowest BCUT2D eigenvalue weighted by Gasteiger charge is -2.32. The van der Waals surface area contributed by atoms with Crippen LogP contribution in [0.5, 0.6) is 0 Å². The number of hydrogen-bond acceptors (Lipinski definition) is 6. The quantitative estimate of drug-likeness (QED) is 0.141. The number of rotatable bonds is 8. The molecule has 0 bridgehead atoms. The van der Waals surface area contributed by atoms with E-state index >= 15 is 0 Å². The van der Waals surface area contributed by atoms with Crippen LogP contribution in [0.3, 0.4) is 0 Å². The molecule has 0 radical (unpaired) electrons. The highest BCUT2D eigenvalue weighted by Gasteiger charge is 2.64. The van der Waals surface area contributed by atoms with Gasteiger partial charge in [-0.2, -0.15) is 0 Å². The summed E-state index contributed by atoms with van der Waals surface area (Å²) in [6.07, 6.45) is 4.36. The van der Waals surface area contributed by atoms with E-state index in [1.165, 1.54) is 93.5 Å². The van der Waals surface area contributed by atoms with Gasteiger partial charge in [0, 0.05) is 71.9 Å². The molecule has 0 saturated carbocycles. The van der Waals surface area contributed by atoms with Gasteiger partial charge in [-0.15, -0.1) is 0 Å². The average Bonchev–Trinajstić information content (AvgIpc) is 1.59. The molecule has 3 saturated heterocycles. The zero-order valence-electron chi connectivity index (χ0n) is 56.6. The van der Waals surface area contributed by atoms with Crippen LogP contribution >= 0.6 is 15.9 Å². The third kappa shape index (κ3) is 11.0.